The highest BCUT2D eigenvalue weighted by Crippen LogP contribution is 2.34. The number of fused-ring (bicyclic) bond motifs is 3. The number of aromatic nitrogens is 3. The van der Waals surface area contributed by atoms with Crippen LogP contribution in [0.15, 0.2) is 23.1 Å². The number of nitrogens with one attached hydrogen (secondary N) is 1. The first-order valence-electron chi connectivity index (χ1n) is 12.2. The summed E-state index contributed by atoms with van der Waals surface area (Å²) in [6.07, 6.45) is 6.20. The number of aromatic amines is 1. The average Bonchev–Trinajstić information content (AvgIpc) is 3.49. The number of rotatable bonds is 6. The molecule has 2 aromatic heterocycles. The first-order chi connectivity index (χ1) is 16.4. The van der Waals surface area contributed by atoms with Crippen LogP contribution in [-0.4, -0.2) is 73.9 Å². The van der Waals surface area contributed by atoms with Crippen molar-refractivity contribution in [3.8, 4) is 0 Å². The number of H-pyrrole nitrogens is 1. The molecule has 0 radical (unpaired) electrons. The lowest BCUT2D eigenvalue weighted by atomic mass is 10.0. The Kier molecular flexibility index (Phi) is 6.95. The standard InChI is InChI=1S/C25H32IN5O3/c1-16-13-22-20(23-21(24(32)28-22)15-27-31(23)18-5-3-4-6-18)14-19(16)25(33)30-9-7-29(8-10-30)11-12-34-17(2)26/h13-15,17-18H,3-12H2,1-2H3,(H,28,32). The Morgan fingerprint density at radius 1 is 1.21 bits per heavy atom. The van der Waals surface area contributed by atoms with Crippen LogP contribution in [0, 0.1) is 6.92 Å². The molecular weight excluding hydrogens is 545 g/mol. The van der Waals surface area contributed by atoms with Gasteiger partial charge in [0.05, 0.1) is 35.3 Å². The second-order valence-corrected chi connectivity index (χ2v) is 11.3. The van der Waals surface area contributed by atoms with Gasteiger partial charge in [0.15, 0.2) is 0 Å². The summed E-state index contributed by atoms with van der Waals surface area (Å²) in [5.74, 6) is 0.0578. The Bertz CT molecular complexity index is 1250. The molecule has 1 unspecified atom stereocenters. The Labute approximate surface area is 212 Å². The molecule has 1 aromatic carbocycles. The second kappa shape index (κ2) is 9.94. The van der Waals surface area contributed by atoms with E-state index in [1.165, 1.54) is 12.8 Å². The summed E-state index contributed by atoms with van der Waals surface area (Å²) < 4.78 is 7.90. The van der Waals surface area contributed by atoms with E-state index in [0.29, 0.717) is 36.7 Å². The summed E-state index contributed by atoms with van der Waals surface area (Å²) in [6, 6.07) is 4.23. The van der Waals surface area contributed by atoms with Gasteiger partial charge in [-0.25, -0.2) is 0 Å². The van der Waals surface area contributed by atoms with E-state index in [1.807, 2.05) is 35.6 Å². The topological polar surface area (TPSA) is 83.5 Å². The van der Waals surface area contributed by atoms with Gasteiger partial charge in [-0.15, -0.1) is 0 Å². The van der Waals surface area contributed by atoms with Crippen molar-refractivity contribution < 1.29 is 9.53 Å². The predicted molar refractivity (Wildman–Crippen MR) is 142 cm³/mol. The minimum Gasteiger partial charge on any atom is -0.367 e. The number of carbonyl (C=O) groups is 1. The number of hydrogen-bond acceptors (Lipinski definition) is 5. The van der Waals surface area contributed by atoms with Crippen LogP contribution in [0.2, 0.25) is 0 Å². The third-order valence-corrected chi connectivity index (χ3v) is 7.58. The van der Waals surface area contributed by atoms with E-state index in [9.17, 15) is 9.59 Å². The molecule has 1 atom stereocenters. The number of pyridine rings is 1. The van der Waals surface area contributed by atoms with Crippen LogP contribution >= 0.6 is 22.6 Å². The maximum Gasteiger partial charge on any atom is 0.259 e. The molecule has 5 rings (SSSR count). The summed E-state index contributed by atoms with van der Waals surface area (Å²) in [6.45, 7) is 8.70. The fourth-order valence-corrected chi connectivity index (χ4v) is 5.59. The quantitative estimate of drug-likeness (QED) is 0.356. The fraction of sp³-hybridized carbons (Fsp3) is 0.560. The van der Waals surface area contributed by atoms with E-state index < -0.39 is 0 Å². The van der Waals surface area contributed by atoms with E-state index in [0.717, 1.165) is 54.5 Å². The number of hydrogen-bond donors (Lipinski definition) is 1. The molecule has 1 saturated carbocycles. The molecule has 8 nitrogen and oxygen atoms in total. The summed E-state index contributed by atoms with van der Waals surface area (Å²) in [5, 5.41) is 6.10. The zero-order chi connectivity index (χ0) is 23.8. The highest BCUT2D eigenvalue weighted by Gasteiger charge is 2.26. The van der Waals surface area contributed by atoms with Crippen molar-refractivity contribution in [2.24, 2.45) is 0 Å². The number of aryl methyl sites for hydroxylation is 1. The van der Waals surface area contributed by atoms with Crippen molar-refractivity contribution in [2.45, 2.75) is 49.7 Å². The molecule has 3 heterocycles. The normalized spacial score (nSPS) is 18.9. The molecule has 3 aromatic rings. The van der Waals surface area contributed by atoms with Crippen molar-refractivity contribution >= 4 is 50.3 Å². The van der Waals surface area contributed by atoms with E-state index in [-0.39, 0.29) is 15.6 Å². The number of nitrogens with zero attached hydrogens (tertiary/aromatic N) is 4. The molecule has 0 bridgehead atoms. The first-order valence-corrected chi connectivity index (χ1v) is 13.5. The molecule has 1 amide bonds. The zero-order valence-corrected chi connectivity index (χ0v) is 22.0. The van der Waals surface area contributed by atoms with Crippen LogP contribution in [0.1, 0.15) is 54.6 Å². The lowest BCUT2D eigenvalue weighted by Crippen LogP contribution is -2.49. The van der Waals surface area contributed by atoms with E-state index in [2.05, 4.69) is 37.6 Å². The number of ether oxygens (including phenoxy) is 1. The number of amides is 1. The van der Waals surface area contributed by atoms with Crippen molar-refractivity contribution in [1.29, 1.82) is 0 Å². The van der Waals surface area contributed by atoms with Crippen molar-refractivity contribution in [1.82, 2.24) is 24.6 Å². The Morgan fingerprint density at radius 3 is 2.65 bits per heavy atom. The summed E-state index contributed by atoms with van der Waals surface area (Å²) >= 11 is 2.26. The van der Waals surface area contributed by atoms with Crippen LogP contribution in [0.4, 0.5) is 0 Å². The lowest BCUT2D eigenvalue weighted by Gasteiger charge is -2.35. The van der Waals surface area contributed by atoms with Crippen molar-refractivity contribution in [2.75, 3.05) is 39.3 Å². The van der Waals surface area contributed by atoms with Crippen molar-refractivity contribution in [3.63, 3.8) is 0 Å². The van der Waals surface area contributed by atoms with Gasteiger partial charge >= 0.3 is 0 Å². The summed E-state index contributed by atoms with van der Waals surface area (Å²) in [4.78, 5) is 33.6. The van der Waals surface area contributed by atoms with Gasteiger partial charge in [0, 0.05) is 43.7 Å². The van der Waals surface area contributed by atoms with Crippen LogP contribution in [0.3, 0.4) is 0 Å². The molecule has 1 N–H and O–H groups in total. The highest BCUT2D eigenvalue weighted by atomic mass is 127. The predicted octanol–water partition coefficient (Wildman–Crippen LogP) is 3.86. The van der Waals surface area contributed by atoms with Gasteiger partial charge in [0.1, 0.15) is 4.11 Å². The molecule has 2 fully saturated rings. The van der Waals surface area contributed by atoms with Crippen molar-refractivity contribution in [3.05, 3.63) is 39.8 Å². The van der Waals surface area contributed by atoms with Crippen LogP contribution in [0.5, 0.6) is 0 Å². The van der Waals surface area contributed by atoms with E-state index in [1.54, 1.807) is 6.20 Å². The summed E-state index contributed by atoms with van der Waals surface area (Å²) in [7, 11) is 0. The Hall–Kier alpha value is -1.98. The third kappa shape index (κ3) is 4.61. The van der Waals surface area contributed by atoms with Gasteiger partial charge in [0.2, 0.25) is 0 Å². The molecule has 2 aliphatic rings. The Morgan fingerprint density at radius 2 is 1.94 bits per heavy atom. The highest BCUT2D eigenvalue weighted by molar-refractivity contribution is 14.1. The molecular formula is C25H32IN5O3. The van der Waals surface area contributed by atoms with Gasteiger partial charge in [0.25, 0.3) is 11.5 Å². The van der Waals surface area contributed by atoms with Gasteiger partial charge in [-0.05, 0) is 44.4 Å². The summed E-state index contributed by atoms with van der Waals surface area (Å²) in [5.41, 5.74) is 3.08. The fourth-order valence-electron chi connectivity index (χ4n) is 5.34. The van der Waals surface area contributed by atoms with E-state index >= 15 is 0 Å². The number of benzene rings is 1. The zero-order valence-electron chi connectivity index (χ0n) is 19.8. The molecule has 1 aliphatic carbocycles. The number of alkyl halides is 1. The molecule has 1 aliphatic heterocycles. The van der Waals surface area contributed by atoms with Crippen LogP contribution in [0.25, 0.3) is 21.8 Å². The first kappa shape index (κ1) is 23.7. The maximum absolute atomic E-state index is 13.5. The molecule has 182 valence electrons. The minimum atomic E-state index is -0.123. The average molecular weight is 577 g/mol. The smallest absolute Gasteiger partial charge is 0.259 e. The second-order valence-electron chi connectivity index (χ2n) is 9.50. The van der Waals surface area contributed by atoms with Gasteiger partial charge in [-0.1, -0.05) is 35.4 Å². The molecule has 0 spiro atoms. The monoisotopic (exact) mass is 577 g/mol. The van der Waals surface area contributed by atoms with Gasteiger partial charge in [-0.2, -0.15) is 5.10 Å². The SMILES string of the molecule is Cc1cc2[nH]c(=O)c3cnn(C4CCCC4)c3c2cc1C(=O)N1CCN(CCOC(C)I)CC1. The maximum atomic E-state index is 13.5. The number of carbonyl (C=O) groups excluding carboxylic acids is 1. The minimum absolute atomic E-state index is 0.0578. The lowest BCUT2D eigenvalue weighted by molar-refractivity contribution is 0.0550. The third-order valence-electron chi connectivity index (χ3n) is 7.22. The van der Waals surface area contributed by atoms with Crippen LogP contribution < -0.4 is 5.56 Å². The number of piperazine rings is 1. The van der Waals surface area contributed by atoms with Gasteiger partial charge < -0.3 is 14.6 Å². The number of halogens is 1. The Balaban J connectivity index is 1.43. The molecule has 34 heavy (non-hydrogen) atoms. The largest absolute Gasteiger partial charge is 0.367 e. The van der Waals surface area contributed by atoms with E-state index in [4.69, 9.17) is 4.74 Å². The molecule has 1 saturated heterocycles. The molecule has 9 heteroatoms. The van der Waals surface area contributed by atoms with Gasteiger partial charge in [-0.3, -0.25) is 19.2 Å². The van der Waals surface area contributed by atoms with Crippen LogP contribution in [-0.2, 0) is 4.74 Å².